The highest BCUT2D eigenvalue weighted by Crippen LogP contribution is 2.44. The zero-order valence-corrected chi connectivity index (χ0v) is 12.3. The predicted molar refractivity (Wildman–Crippen MR) is 79.0 cm³/mol. The quantitative estimate of drug-likeness (QED) is 0.899. The van der Waals surface area contributed by atoms with Gasteiger partial charge in [-0.25, -0.2) is 0 Å². The predicted octanol–water partition coefficient (Wildman–Crippen LogP) is 3.01. The van der Waals surface area contributed by atoms with E-state index in [1.165, 1.54) is 18.6 Å². The number of hydrogen-bond donors (Lipinski definition) is 2. The number of carbonyl (C=O) groups excluding carboxylic acids is 1. The van der Waals surface area contributed by atoms with Crippen molar-refractivity contribution < 1.29 is 18.3 Å². The Balaban J connectivity index is 1.73. The summed E-state index contributed by atoms with van der Waals surface area (Å²) in [5, 5.41) is 6.21. The lowest BCUT2D eigenvalue weighted by atomic mass is 9.67. The van der Waals surface area contributed by atoms with Crippen LogP contribution in [0.1, 0.15) is 25.7 Å². The van der Waals surface area contributed by atoms with E-state index in [4.69, 9.17) is 0 Å². The summed E-state index contributed by atoms with van der Waals surface area (Å²) in [5.41, 5.74) is 0.131. The first kappa shape index (κ1) is 15.2. The van der Waals surface area contributed by atoms with E-state index in [1.807, 2.05) is 0 Å². The lowest BCUT2D eigenvalue weighted by Gasteiger charge is -2.37. The SMILES string of the molecule is O=C(Nc1cccc(OC(F)F)c1)[C@@]12CCCC[C@H]1CNC2. The molecule has 0 spiro atoms. The highest BCUT2D eigenvalue weighted by Gasteiger charge is 2.49. The number of fused-ring (bicyclic) bond motifs is 1. The molecule has 120 valence electrons. The van der Waals surface area contributed by atoms with E-state index in [1.54, 1.807) is 12.1 Å². The number of alkyl halides is 2. The first-order chi connectivity index (χ1) is 10.6. The Labute approximate surface area is 128 Å². The molecule has 6 heteroatoms. The number of amides is 1. The number of nitrogens with one attached hydrogen (secondary N) is 2. The standard InChI is InChI=1S/C16H20F2N2O2/c17-15(18)22-13-6-3-5-12(8-13)20-14(21)16-7-2-1-4-11(16)9-19-10-16/h3,5-6,8,11,15,19H,1-2,4,7,9-10H2,(H,20,21)/t11-,16+/m0/s1. The molecular weight excluding hydrogens is 290 g/mol. The van der Waals surface area contributed by atoms with Gasteiger partial charge in [0, 0.05) is 18.3 Å². The van der Waals surface area contributed by atoms with Gasteiger partial charge in [-0.3, -0.25) is 4.79 Å². The second-order valence-electron chi connectivity index (χ2n) is 6.09. The lowest BCUT2D eigenvalue weighted by molar-refractivity contribution is -0.128. The molecule has 3 rings (SSSR count). The van der Waals surface area contributed by atoms with Crippen molar-refractivity contribution in [2.24, 2.45) is 11.3 Å². The largest absolute Gasteiger partial charge is 0.435 e. The molecule has 0 radical (unpaired) electrons. The Kier molecular flexibility index (Phi) is 4.29. The number of halogens is 2. The molecule has 2 aliphatic rings. The van der Waals surface area contributed by atoms with Gasteiger partial charge in [0.2, 0.25) is 5.91 Å². The minimum atomic E-state index is -2.87. The average molecular weight is 310 g/mol. The molecule has 0 bridgehead atoms. The van der Waals surface area contributed by atoms with Crippen LogP contribution < -0.4 is 15.4 Å². The molecule has 1 aromatic rings. The maximum absolute atomic E-state index is 12.8. The Morgan fingerprint density at radius 2 is 2.27 bits per heavy atom. The first-order valence-corrected chi connectivity index (χ1v) is 7.67. The van der Waals surface area contributed by atoms with Crippen molar-refractivity contribution >= 4 is 11.6 Å². The van der Waals surface area contributed by atoms with Gasteiger partial charge in [0.1, 0.15) is 5.75 Å². The average Bonchev–Trinajstić information content (AvgIpc) is 2.92. The fourth-order valence-electron chi connectivity index (χ4n) is 3.70. The Morgan fingerprint density at radius 1 is 1.41 bits per heavy atom. The van der Waals surface area contributed by atoms with Gasteiger partial charge in [-0.15, -0.1) is 0 Å². The second-order valence-corrected chi connectivity index (χ2v) is 6.09. The maximum Gasteiger partial charge on any atom is 0.387 e. The summed E-state index contributed by atoms with van der Waals surface area (Å²) >= 11 is 0. The summed E-state index contributed by atoms with van der Waals surface area (Å²) in [7, 11) is 0. The van der Waals surface area contributed by atoms with Crippen LogP contribution in [0.2, 0.25) is 0 Å². The zero-order chi connectivity index (χ0) is 15.6. The van der Waals surface area contributed by atoms with Crippen LogP contribution in [-0.2, 0) is 4.79 Å². The van der Waals surface area contributed by atoms with Crippen molar-refractivity contribution in [3.63, 3.8) is 0 Å². The van der Waals surface area contributed by atoms with Gasteiger partial charge >= 0.3 is 6.61 Å². The first-order valence-electron chi connectivity index (χ1n) is 7.67. The van der Waals surface area contributed by atoms with Crippen molar-refractivity contribution in [1.29, 1.82) is 0 Å². The van der Waals surface area contributed by atoms with E-state index < -0.39 is 6.61 Å². The number of hydrogen-bond acceptors (Lipinski definition) is 3. The van der Waals surface area contributed by atoms with Gasteiger partial charge in [0.05, 0.1) is 5.41 Å². The Hall–Kier alpha value is -1.69. The number of ether oxygens (including phenoxy) is 1. The van der Waals surface area contributed by atoms with Crippen molar-refractivity contribution in [1.82, 2.24) is 5.32 Å². The molecule has 2 fully saturated rings. The van der Waals surface area contributed by atoms with Crippen LogP contribution in [0.4, 0.5) is 14.5 Å². The number of anilines is 1. The molecule has 1 aromatic carbocycles. The Bertz CT molecular complexity index is 553. The van der Waals surface area contributed by atoms with Crippen molar-refractivity contribution in [3.8, 4) is 5.75 Å². The van der Waals surface area contributed by atoms with E-state index in [-0.39, 0.29) is 17.1 Å². The van der Waals surface area contributed by atoms with E-state index in [0.717, 1.165) is 25.8 Å². The number of benzene rings is 1. The monoisotopic (exact) mass is 310 g/mol. The fraction of sp³-hybridized carbons (Fsp3) is 0.562. The molecular formula is C16H20F2N2O2. The number of carbonyl (C=O) groups is 1. The van der Waals surface area contributed by atoms with E-state index in [9.17, 15) is 13.6 Å². The van der Waals surface area contributed by atoms with Gasteiger partial charge < -0.3 is 15.4 Å². The number of rotatable bonds is 4. The van der Waals surface area contributed by atoms with Gasteiger partial charge in [-0.1, -0.05) is 18.9 Å². The zero-order valence-electron chi connectivity index (χ0n) is 12.3. The van der Waals surface area contributed by atoms with Crippen LogP contribution in [0, 0.1) is 11.3 Å². The second kappa shape index (κ2) is 6.20. The summed E-state index contributed by atoms with van der Waals surface area (Å²) < 4.78 is 28.9. The van der Waals surface area contributed by atoms with Crippen molar-refractivity contribution in [2.75, 3.05) is 18.4 Å². The normalized spacial score (nSPS) is 27.5. The van der Waals surface area contributed by atoms with Crippen LogP contribution in [0.5, 0.6) is 5.75 Å². The van der Waals surface area contributed by atoms with Gasteiger partial charge in [-0.2, -0.15) is 8.78 Å². The third kappa shape index (κ3) is 2.92. The maximum atomic E-state index is 12.8. The van der Waals surface area contributed by atoms with E-state index in [0.29, 0.717) is 18.2 Å². The molecule has 1 aliphatic carbocycles. The van der Waals surface area contributed by atoms with Gasteiger partial charge in [-0.05, 0) is 37.4 Å². The molecule has 1 heterocycles. The molecule has 1 aliphatic heterocycles. The Morgan fingerprint density at radius 3 is 3.09 bits per heavy atom. The van der Waals surface area contributed by atoms with Crippen LogP contribution in [-0.4, -0.2) is 25.6 Å². The molecule has 4 nitrogen and oxygen atoms in total. The third-order valence-corrected chi connectivity index (χ3v) is 4.81. The van der Waals surface area contributed by atoms with Crippen LogP contribution >= 0.6 is 0 Å². The van der Waals surface area contributed by atoms with Crippen molar-refractivity contribution in [2.45, 2.75) is 32.3 Å². The molecule has 22 heavy (non-hydrogen) atoms. The molecule has 0 unspecified atom stereocenters. The minimum absolute atomic E-state index is 0.0172. The van der Waals surface area contributed by atoms with Crippen molar-refractivity contribution in [3.05, 3.63) is 24.3 Å². The lowest BCUT2D eigenvalue weighted by Crippen LogP contribution is -2.44. The summed E-state index contributed by atoms with van der Waals surface area (Å²) in [6.07, 6.45) is 4.16. The van der Waals surface area contributed by atoms with Crippen LogP contribution in [0.3, 0.4) is 0 Å². The summed E-state index contributed by atoms with van der Waals surface area (Å²) in [4.78, 5) is 12.8. The summed E-state index contributed by atoms with van der Waals surface area (Å²) in [6.45, 7) is -1.30. The molecule has 1 saturated heterocycles. The fourth-order valence-corrected chi connectivity index (χ4v) is 3.70. The smallest absolute Gasteiger partial charge is 0.387 e. The molecule has 2 atom stereocenters. The summed E-state index contributed by atoms with van der Waals surface area (Å²) in [6, 6.07) is 6.16. The minimum Gasteiger partial charge on any atom is -0.435 e. The highest BCUT2D eigenvalue weighted by molar-refractivity contribution is 5.96. The topological polar surface area (TPSA) is 50.4 Å². The van der Waals surface area contributed by atoms with Gasteiger partial charge in [0.25, 0.3) is 0 Å². The summed E-state index contributed by atoms with van der Waals surface area (Å²) in [5.74, 6) is 0.396. The molecule has 1 saturated carbocycles. The van der Waals surface area contributed by atoms with Gasteiger partial charge in [0.15, 0.2) is 0 Å². The third-order valence-electron chi connectivity index (χ3n) is 4.81. The van der Waals surface area contributed by atoms with E-state index in [2.05, 4.69) is 15.4 Å². The molecule has 1 amide bonds. The van der Waals surface area contributed by atoms with Crippen LogP contribution in [0.15, 0.2) is 24.3 Å². The molecule has 0 aromatic heterocycles. The highest BCUT2D eigenvalue weighted by atomic mass is 19.3. The molecule has 2 N–H and O–H groups in total. The van der Waals surface area contributed by atoms with E-state index >= 15 is 0 Å². The van der Waals surface area contributed by atoms with Crippen LogP contribution in [0.25, 0.3) is 0 Å².